The summed E-state index contributed by atoms with van der Waals surface area (Å²) in [4.78, 5) is 11.0. The van der Waals surface area contributed by atoms with Crippen molar-refractivity contribution < 1.29 is 27.8 Å². The van der Waals surface area contributed by atoms with E-state index in [1.165, 1.54) is 24.3 Å². The molecule has 4 aromatic carbocycles. The minimum atomic E-state index is -0.647. The van der Waals surface area contributed by atoms with Crippen LogP contribution < -0.4 is 9.47 Å². The van der Waals surface area contributed by atoms with Crippen LogP contribution in [0.3, 0.4) is 0 Å². The van der Waals surface area contributed by atoms with E-state index in [4.69, 9.17) is 14.2 Å². The molecule has 0 aliphatic rings. The number of ether oxygens (including phenoxy) is 3. The molecule has 4 rings (SSSR count). The molecule has 0 unspecified atom stereocenters. The zero-order chi connectivity index (χ0) is 34.1. The van der Waals surface area contributed by atoms with E-state index < -0.39 is 17.6 Å². The van der Waals surface area contributed by atoms with Crippen LogP contribution in [-0.4, -0.2) is 25.8 Å². The number of halogens is 2. The number of carbonyl (C=O) groups is 1. The average molecular weight is 655 g/mol. The van der Waals surface area contributed by atoms with E-state index in [-0.39, 0.29) is 22.8 Å². The fourth-order valence-electron chi connectivity index (χ4n) is 4.02. The van der Waals surface area contributed by atoms with Crippen LogP contribution >= 0.6 is 0 Å². The van der Waals surface area contributed by atoms with E-state index in [0.717, 1.165) is 30.9 Å². The number of hydrogen-bond donors (Lipinski definition) is 0. The highest BCUT2D eigenvalue weighted by molar-refractivity contribution is 5.81. The maximum atomic E-state index is 14.7. The Morgan fingerprint density at radius 1 is 0.667 bits per heavy atom. The Bertz CT molecular complexity index is 1780. The van der Waals surface area contributed by atoms with Crippen LogP contribution in [0.25, 0.3) is 0 Å². The first-order chi connectivity index (χ1) is 23.3. The van der Waals surface area contributed by atoms with E-state index in [9.17, 15) is 13.6 Å². The molecule has 0 N–H and O–H groups in total. The van der Waals surface area contributed by atoms with Crippen molar-refractivity contribution in [2.24, 2.45) is 30.7 Å². The van der Waals surface area contributed by atoms with Crippen LogP contribution in [0.4, 0.5) is 42.9 Å². The monoisotopic (exact) mass is 654 g/mol. The molecule has 0 atom stereocenters. The van der Waals surface area contributed by atoms with Crippen molar-refractivity contribution in [3.05, 3.63) is 109 Å². The van der Waals surface area contributed by atoms with Gasteiger partial charge in [-0.05, 0) is 98.5 Å². The van der Waals surface area contributed by atoms with Gasteiger partial charge in [0, 0.05) is 18.2 Å². The first-order valence-electron chi connectivity index (χ1n) is 15.4. The fourth-order valence-corrected chi connectivity index (χ4v) is 4.02. The van der Waals surface area contributed by atoms with Gasteiger partial charge in [-0.2, -0.15) is 25.6 Å². The molecule has 0 radical (unpaired) electrons. The molecule has 248 valence electrons. The van der Waals surface area contributed by atoms with Gasteiger partial charge in [-0.25, -0.2) is 13.6 Å². The Kier molecular flexibility index (Phi) is 13.6. The predicted octanol–water partition coefficient (Wildman–Crippen LogP) is 11.6. The summed E-state index contributed by atoms with van der Waals surface area (Å²) < 4.78 is 45.0. The minimum Gasteiger partial charge on any atom is -0.494 e. The van der Waals surface area contributed by atoms with Gasteiger partial charge in [0.2, 0.25) is 0 Å². The van der Waals surface area contributed by atoms with Crippen molar-refractivity contribution >= 4 is 40.1 Å². The molecular weight excluding hydrogens is 618 g/mol. The standard InChI is InChI=1S/C36H36F2N6O4/c1-4-6-19-47-35-18-13-29(24-32(35)38)42-44-34-17-12-28(23-31(34)37)41-43-33-16-11-27(22-25(33)3)40-39-26-9-14-30(15-10-26)46-20-7-8-21-48-36(45)5-2/h5,9-18,22-24H,2,4,6-8,19-21H2,1,3H3. The van der Waals surface area contributed by atoms with Crippen molar-refractivity contribution in [1.29, 1.82) is 0 Å². The molecule has 0 bridgehead atoms. The summed E-state index contributed by atoms with van der Waals surface area (Å²) in [5, 5.41) is 24.8. The second-order valence-corrected chi connectivity index (χ2v) is 10.4. The lowest BCUT2D eigenvalue weighted by Gasteiger charge is -2.06. The number of azo groups is 3. The normalized spacial score (nSPS) is 11.4. The van der Waals surface area contributed by atoms with E-state index in [1.807, 2.05) is 32.0 Å². The molecule has 0 saturated carbocycles. The second-order valence-electron chi connectivity index (χ2n) is 10.4. The Morgan fingerprint density at radius 3 is 1.90 bits per heavy atom. The number of nitrogens with zero attached hydrogens (tertiary/aromatic N) is 6. The SMILES string of the molecule is C=CC(=O)OCCCCOc1ccc(N=Nc2ccc(N=Nc3ccc(N=Nc4ccc(OCCCC)c(F)c4)c(F)c3)c(C)c2)cc1. The third kappa shape index (κ3) is 11.3. The number of carbonyl (C=O) groups excluding carboxylic acids is 1. The summed E-state index contributed by atoms with van der Waals surface area (Å²) in [5.74, 6) is -0.791. The molecule has 0 amide bonds. The maximum absolute atomic E-state index is 14.7. The van der Waals surface area contributed by atoms with E-state index in [1.54, 1.807) is 36.4 Å². The summed E-state index contributed by atoms with van der Waals surface area (Å²) in [6, 6.07) is 20.9. The number of benzene rings is 4. The van der Waals surface area contributed by atoms with Gasteiger partial charge in [0.1, 0.15) is 11.4 Å². The number of hydrogen-bond acceptors (Lipinski definition) is 10. The van der Waals surface area contributed by atoms with Crippen molar-refractivity contribution in [1.82, 2.24) is 0 Å². The van der Waals surface area contributed by atoms with Crippen LogP contribution in [0.15, 0.2) is 122 Å². The second kappa shape index (κ2) is 18.5. The molecule has 0 saturated heterocycles. The van der Waals surface area contributed by atoms with Crippen molar-refractivity contribution in [3.8, 4) is 11.5 Å². The number of esters is 1. The Morgan fingerprint density at radius 2 is 1.23 bits per heavy atom. The summed E-state index contributed by atoms with van der Waals surface area (Å²) in [6.07, 6.45) is 4.35. The van der Waals surface area contributed by atoms with E-state index in [0.29, 0.717) is 49.1 Å². The highest BCUT2D eigenvalue weighted by Crippen LogP contribution is 2.31. The molecule has 10 nitrogen and oxygen atoms in total. The van der Waals surface area contributed by atoms with Crippen LogP contribution in [0.5, 0.6) is 11.5 Å². The molecule has 48 heavy (non-hydrogen) atoms. The topological polar surface area (TPSA) is 119 Å². The van der Waals surface area contributed by atoms with E-state index >= 15 is 0 Å². The molecular formula is C36H36F2N6O4. The first-order valence-corrected chi connectivity index (χ1v) is 15.4. The third-order valence-corrected chi connectivity index (χ3v) is 6.67. The fraction of sp³-hybridized carbons (Fsp3) is 0.250. The van der Waals surface area contributed by atoms with Gasteiger partial charge in [0.25, 0.3) is 0 Å². The minimum absolute atomic E-state index is 0.0219. The average Bonchev–Trinajstić information content (AvgIpc) is 3.09. The van der Waals surface area contributed by atoms with Gasteiger partial charge >= 0.3 is 5.97 Å². The number of unbranched alkanes of at least 4 members (excludes halogenated alkanes) is 2. The molecule has 0 aromatic heterocycles. The maximum Gasteiger partial charge on any atom is 0.330 e. The van der Waals surface area contributed by atoms with Gasteiger partial charge in [0.15, 0.2) is 17.4 Å². The van der Waals surface area contributed by atoms with Crippen molar-refractivity contribution in [2.75, 3.05) is 19.8 Å². The molecule has 4 aromatic rings. The first kappa shape index (κ1) is 35.2. The zero-order valence-corrected chi connectivity index (χ0v) is 26.8. The van der Waals surface area contributed by atoms with E-state index in [2.05, 4.69) is 37.3 Å². The van der Waals surface area contributed by atoms with Gasteiger partial charge in [-0.3, -0.25) is 0 Å². The van der Waals surface area contributed by atoms with Crippen LogP contribution in [-0.2, 0) is 9.53 Å². The lowest BCUT2D eigenvalue weighted by Crippen LogP contribution is -2.04. The highest BCUT2D eigenvalue weighted by atomic mass is 19.1. The zero-order valence-electron chi connectivity index (χ0n) is 26.8. The molecule has 0 spiro atoms. The summed E-state index contributed by atoms with van der Waals surface area (Å²) in [6.45, 7) is 8.49. The lowest BCUT2D eigenvalue weighted by atomic mass is 10.2. The largest absolute Gasteiger partial charge is 0.494 e. The summed E-state index contributed by atoms with van der Waals surface area (Å²) >= 11 is 0. The number of aryl methyl sites for hydroxylation is 1. The van der Waals surface area contributed by atoms with Crippen LogP contribution in [0.1, 0.15) is 38.2 Å². The third-order valence-electron chi connectivity index (χ3n) is 6.67. The van der Waals surface area contributed by atoms with Gasteiger partial charge < -0.3 is 14.2 Å². The Hall–Kier alpha value is -5.65. The highest BCUT2D eigenvalue weighted by Gasteiger charge is 2.07. The molecule has 0 heterocycles. The van der Waals surface area contributed by atoms with Gasteiger partial charge in [-0.1, -0.05) is 19.9 Å². The quantitative estimate of drug-likeness (QED) is 0.0487. The molecule has 12 heteroatoms. The van der Waals surface area contributed by atoms with Crippen LogP contribution in [0, 0.1) is 18.6 Å². The van der Waals surface area contributed by atoms with Crippen molar-refractivity contribution in [2.45, 2.75) is 39.5 Å². The summed E-state index contributed by atoms with van der Waals surface area (Å²) in [5.41, 5.74) is 3.17. The smallest absolute Gasteiger partial charge is 0.330 e. The Labute approximate surface area is 277 Å². The molecule has 0 aliphatic carbocycles. The predicted molar refractivity (Wildman–Crippen MR) is 179 cm³/mol. The van der Waals surface area contributed by atoms with Gasteiger partial charge in [-0.15, -0.1) is 5.11 Å². The van der Waals surface area contributed by atoms with Crippen molar-refractivity contribution in [3.63, 3.8) is 0 Å². The summed E-state index contributed by atoms with van der Waals surface area (Å²) in [7, 11) is 0. The van der Waals surface area contributed by atoms with Gasteiger partial charge in [0.05, 0.1) is 48.3 Å². The molecule has 0 aliphatic heterocycles. The Balaban J connectivity index is 1.28. The van der Waals surface area contributed by atoms with Crippen LogP contribution in [0.2, 0.25) is 0 Å². The lowest BCUT2D eigenvalue weighted by molar-refractivity contribution is -0.137. The number of rotatable bonds is 17. The molecule has 0 fully saturated rings.